The average molecular weight is 319 g/mol. The third-order valence-electron chi connectivity index (χ3n) is 5.36. The number of anilines is 1. The maximum atomic E-state index is 5.05. The molecule has 0 amide bonds. The van der Waals surface area contributed by atoms with E-state index < -0.39 is 0 Å². The largest absolute Gasteiger partial charge is 0.343 e. The Morgan fingerprint density at radius 2 is 1.88 bits per heavy atom. The monoisotopic (exact) mass is 319 g/mol. The number of nitrogens with zero attached hydrogens (tertiary/aromatic N) is 1. The number of aryl methyl sites for hydroxylation is 1. The van der Waals surface area contributed by atoms with E-state index in [1.54, 1.807) is 0 Å². The first-order valence-electron chi connectivity index (χ1n) is 8.91. The molecule has 1 saturated heterocycles. The van der Waals surface area contributed by atoms with Gasteiger partial charge in [0.25, 0.3) is 0 Å². The first-order chi connectivity index (χ1) is 11.8. The van der Waals surface area contributed by atoms with E-state index in [-0.39, 0.29) is 5.41 Å². The number of para-hydroxylation sites is 1. The highest BCUT2D eigenvalue weighted by Crippen LogP contribution is 2.40. The van der Waals surface area contributed by atoms with Crippen LogP contribution in [0.25, 0.3) is 0 Å². The molecule has 4 rings (SSSR count). The smallest absolute Gasteiger partial charge is 0.108 e. The van der Waals surface area contributed by atoms with E-state index >= 15 is 0 Å². The zero-order valence-electron chi connectivity index (χ0n) is 14.3. The second kappa shape index (κ2) is 6.40. The molecule has 0 saturated carbocycles. The molecule has 1 spiro atoms. The van der Waals surface area contributed by atoms with Gasteiger partial charge < -0.3 is 10.6 Å². The number of benzene rings is 2. The summed E-state index contributed by atoms with van der Waals surface area (Å²) < 4.78 is 0. The molecule has 2 aromatic rings. The minimum Gasteiger partial charge on any atom is -0.343 e. The average Bonchev–Trinajstić information content (AvgIpc) is 2.61. The lowest BCUT2D eigenvalue weighted by atomic mass is 9.71. The summed E-state index contributed by atoms with van der Waals surface area (Å²) in [6, 6.07) is 17.3. The number of fused-ring (bicyclic) bond motifs is 1. The van der Waals surface area contributed by atoms with Gasteiger partial charge in [-0.2, -0.15) is 0 Å². The van der Waals surface area contributed by atoms with Crippen LogP contribution in [-0.2, 0) is 13.0 Å². The van der Waals surface area contributed by atoms with E-state index in [2.05, 4.69) is 66.1 Å². The third-order valence-corrected chi connectivity index (χ3v) is 5.36. The van der Waals surface area contributed by atoms with Crippen molar-refractivity contribution in [1.29, 1.82) is 0 Å². The van der Waals surface area contributed by atoms with Crippen LogP contribution in [0.15, 0.2) is 53.5 Å². The van der Waals surface area contributed by atoms with Crippen molar-refractivity contribution in [2.24, 2.45) is 10.4 Å². The number of nitrogens with one attached hydrogen (secondary N) is 2. The van der Waals surface area contributed by atoms with Crippen LogP contribution in [0.1, 0.15) is 29.5 Å². The van der Waals surface area contributed by atoms with Crippen molar-refractivity contribution in [3.8, 4) is 0 Å². The normalized spacial score (nSPS) is 20.6. The molecule has 2 aliphatic heterocycles. The van der Waals surface area contributed by atoms with Gasteiger partial charge in [0.1, 0.15) is 5.84 Å². The van der Waals surface area contributed by atoms with Crippen LogP contribution in [0.5, 0.6) is 0 Å². The molecule has 0 radical (unpaired) electrons. The fraction of sp³-hybridized carbons (Fsp3) is 0.381. The van der Waals surface area contributed by atoms with Crippen LogP contribution in [0.3, 0.4) is 0 Å². The van der Waals surface area contributed by atoms with Gasteiger partial charge in [-0.25, -0.2) is 0 Å². The van der Waals surface area contributed by atoms with Gasteiger partial charge in [0.15, 0.2) is 0 Å². The molecule has 0 bridgehead atoms. The minimum absolute atomic E-state index is 0.170. The zero-order valence-corrected chi connectivity index (χ0v) is 14.3. The van der Waals surface area contributed by atoms with E-state index in [1.807, 2.05) is 0 Å². The Morgan fingerprint density at radius 1 is 1.04 bits per heavy atom. The minimum atomic E-state index is 0.170. The summed E-state index contributed by atoms with van der Waals surface area (Å²) in [5, 5.41) is 7.16. The molecule has 0 aromatic heterocycles. The number of rotatable bonds is 2. The van der Waals surface area contributed by atoms with E-state index in [0.717, 1.165) is 38.9 Å². The molecule has 2 heterocycles. The fourth-order valence-electron chi connectivity index (χ4n) is 4.01. The molecule has 1 fully saturated rings. The van der Waals surface area contributed by atoms with Gasteiger partial charge in [-0.1, -0.05) is 48.0 Å². The summed E-state index contributed by atoms with van der Waals surface area (Å²) >= 11 is 0. The van der Waals surface area contributed by atoms with E-state index in [0.29, 0.717) is 0 Å². The molecule has 0 aliphatic carbocycles. The lowest BCUT2D eigenvalue weighted by Gasteiger charge is -2.42. The number of hydrogen-bond acceptors (Lipinski definition) is 2. The highest BCUT2D eigenvalue weighted by molar-refractivity contribution is 6.02. The first-order valence-corrected chi connectivity index (χ1v) is 8.91. The molecule has 3 nitrogen and oxygen atoms in total. The maximum Gasteiger partial charge on any atom is 0.108 e. The maximum absolute atomic E-state index is 5.05. The SMILES string of the molecule is Cc1cccc(CN=C2Nc3ccccc3CC23CCNCC3)c1. The van der Waals surface area contributed by atoms with Crippen molar-refractivity contribution in [3.63, 3.8) is 0 Å². The Balaban J connectivity index is 1.66. The van der Waals surface area contributed by atoms with Gasteiger partial charge in [-0.05, 0) is 56.5 Å². The van der Waals surface area contributed by atoms with Crippen molar-refractivity contribution < 1.29 is 0 Å². The topological polar surface area (TPSA) is 36.4 Å². The van der Waals surface area contributed by atoms with Crippen LogP contribution < -0.4 is 10.6 Å². The van der Waals surface area contributed by atoms with Gasteiger partial charge in [-0.15, -0.1) is 0 Å². The van der Waals surface area contributed by atoms with Crippen molar-refractivity contribution >= 4 is 11.5 Å². The Labute approximate surface area is 144 Å². The molecule has 24 heavy (non-hydrogen) atoms. The van der Waals surface area contributed by atoms with Crippen LogP contribution in [0.4, 0.5) is 5.69 Å². The van der Waals surface area contributed by atoms with Crippen LogP contribution in [0, 0.1) is 12.3 Å². The number of hydrogen-bond donors (Lipinski definition) is 2. The molecule has 124 valence electrons. The van der Waals surface area contributed by atoms with E-state index in [1.165, 1.54) is 28.2 Å². The fourth-order valence-corrected chi connectivity index (χ4v) is 4.01. The van der Waals surface area contributed by atoms with Crippen molar-refractivity contribution in [2.45, 2.75) is 32.7 Å². The molecule has 0 atom stereocenters. The predicted octanol–water partition coefficient (Wildman–Crippen LogP) is 3.93. The highest BCUT2D eigenvalue weighted by atomic mass is 15.0. The molecular weight excluding hydrogens is 294 g/mol. The lowest BCUT2D eigenvalue weighted by molar-refractivity contribution is 0.293. The Bertz CT molecular complexity index is 757. The quantitative estimate of drug-likeness (QED) is 0.880. The van der Waals surface area contributed by atoms with Crippen LogP contribution in [0.2, 0.25) is 0 Å². The lowest BCUT2D eigenvalue weighted by Crippen LogP contribution is -2.48. The van der Waals surface area contributed by atoms with Crippen LogP contribution in [-0.4, -0.2) is 18.9 Å². The summed E-state index contributed by atoms with van der Waals surface area (Å²) in [5.41, 5.74) is 5.40. The van der Waals surface area contributed by atoms with Gasteiger partial charge >= 0.3 is 0 Å². The second-order valence-electron chi connectivity index (χ2n) is 7.14. The Hall–Kier alpha value is -2.13. The molecule has 2 N–H and O–H groups in total. The third kappa shape index (κ3) is 2.96. The Kier molecular flexibility index (Phi) is 4.11. The van der Waals surface area contributed by atoms with Gasteiger partial charge in [0, 0.05) is 11.1 Å². The molecule has 3 heteroatoms. The van der Waals surface area contributed by atoms with Gasteiger partial charge in [0.2, 0.25) is 0 Å². The van der Waals surface area contributed by atoms with E-state index in [4.69, 9.17) is 4.99 Å². The molecule has 2 aliphatic rings. The predicted molar refractivity (Wildman–Crippen MR) is 101 cm³/mol. The second-order valence-corrected chi connectivity index (χ2v) is 7.14. The summed E-state index contributed by atoms with van der Waals surface area (Å²) in [6.45, 7) is 5.04. The molecule has 2 aromatic carbocycles. The number of aliphatic imine (C=N–C) groups is 1. The molecule has 0 unspecified atom stereocenters. The van der Waals surface area contributed by atoms with Gasteiger partial charge in [-0.3, -0.25) is 4.99 Å². The molecular formula is C21H25N3. The first kappa shape index (κ1) is 15.4. The van der Waals surface area contributed by atoms with Gasteiger partial charge in [0.05, 0.1) is 6.54 Å². The summed E-state index contributed by atoms with van der Waals surface area (Å²) in [7, 11) is 0. The number of amidine groups is 1. The number of piperidine rings is 1. The summed E-state index contributed by atoms with van der Waals surface area (Å²) in [4.78, 5) is 5.05. The highest BCUT2D eigenvalue weighted by Gasteiger charge is 2.40. The van der Waals surface area contributed by atoms with Crippen molar-refractivity contribution in [3.05, 3.63) is 65.2 Å². The standard InChI is InChI=1S/C21H25N3/c1-16-5-4-6-17(13-16)15-23-20-21(9-11-22-12-10-21)14-18-7-2-3-8-19(18)24-20/h2-8,13,22H,9-12,14-15H2,1H3,(H,23,24). The van der Waals surface area contributed by atoms with Crippen molar-refractivity contribution in [2.75, 3.05) is 18.4 Å². The summed E-state index contributed by atoms with van der Waals surface area (Å²) in [6.07, 6.45) is 3.41. The van der Waals surface area contributed by atoms with Crippen LogP contribution >= 0.6 is 0 Å². The van der Waals surface area contributed by atoms with Crippen molar-refractivity contribution in [1.82, 2.24) is 5.32 Å². The van der Waals surface area contributed by atoms with E-state index in [9.17, 15) is 0 Å². The Morgan fingerprint density at radius 3 is 2.71 bits per heavy atom. The zero-order chi connectivity index (χ0) is 16.4. The summed E-state index contributed by atoms with van der Waals surface area (Å²) in [5.74, 6) is 1.18.